The summed E-state index contributed by atoms with van der Waals surface area (Å²) >= 11 is 6.32. The molecule has 3 aromatic rings. The van der Waals surface area contributed by atoms with E-state index in [9.17, 15) is 13.5 Å². The lowest BCUT2D eigenvalue weighted by Crippen LogP contribution is -2.37. The molecule has 0 aliphatic carbocycles. The molecule has 0 radical (unpaired) electrons. The molecule has 5 nitrogen and oxygen atoms in total. The van der Waals surface area contributed by atoms with Crippen molar-refractivity contribution in [2.45, 2.75) is 28.8 Å². The summed E-state index contributed by atoms with van der Waals surface area (Å²) < 4.78 is 31.6. The highest BCUT2D eigenvalue weighted by atomic mass is 35.5. The second-order valence-corrected chi connectivity index (χ2v) is 8.42. The number of benzene rings is 2. The van der Waals surface area contributed by atoms with Gasteiger partial charge < -0.3 is 14.8 Å². The first-order valence-electron chi connectivity index (χ1n) is 7.89. The predicted molar refractivity (Wildman–Crippen MR) is 94.5 cm³/mol. The Morgan fingerprint density at radius 2 is 1.96 bits per heavy atom. The first-order chi connectivity index (χ1) is 12.0. The summed E-state index contributed by atoms with van der Waals surface area (Å²) in [7, 11) is -3.66. The maximum Gasteiger partial charge on any atom is 0.206 e. The van der Waals surface area contributed by atoms with Gasteiger partial charge in [-0.2, -0.15) is 0 Å². The molecule has 7 heteroatoms. The van der Waals surface area contributed by atoms with Gasteiger partial charge in [0.15, 0.2) is 5.58 Å². The van der Waals surface area contributed by atoms with Crippen molar-refractivity contribution in [3.63, 3.8) is 0 Å². The van der Waals surface area contributed by atoms with Crippen LogP contribution in [0.4, 0.5) is 0 Å². The molecule has 0 fully saturated rings. The van der Waals surface area contributed by atoms with Crippen LogP contribution in [0.2, 0.25) is 5.02 Å². The molecule has 0 amide bonds. The lowest BCUT2D eigenvalue weighted by Gasteiger charge is -2.20. The molecule has 1 atom stereocenters. The Morgan fingerprint density at radius 1 is 1.20 bits per heavy atom. The van der Waals surface area contributed by atoms with Crippen LogP contribution < -0.4 is 5.32 Å². The number of hydrogen-bond donors (Lipinski definition) is 2. The van der Waals surface area contributed by atoms with Gasteiger partial charge in [-0.05, 0) is 24.3 Å². The van der Waals surface area contributed by atoms with Crippen molar-refractivity contribution in [1.82, 2.24) is 5.32 Å². The number of nitrogens with one attached hydrogen (secondary N) is 1. The third kappa shape index (κ3) is 2.75. The molecule has 1 aromatic heterocycles. The first kappa shape index (κ1) is 16.6. The molecular formula is C18H16ClNO4S. The number of aliphatic hydroxyl groups is 1. The molecule has 0 saturated carbocycles. The minimum absolute atomic E-state index is 0.0118. The molecule has 4 rings (SSSR count). The van der Waals surface area contributed by atoms with Crippen molar-refractivity contribution >= 4 is 32.4 Å². The molecule has 130 valence electrons. The van der Waals surface area contributed by atoms with Crippen molar-refractivity contribution in [2.75, 3.05) is 6.61 Å². The Kier molecular flexibility index (Phi) is 4.08. The molecular weight excluding hydrogens is 362 g/mol. The average Bonchev–Trinajstić information content (AvgIpc) is 3.01. The largest absolute Gasteiger partial charge is 0.459 e. The van der Waals surface area contributed by atoms with Crippen LogP contribution in [0.15, 0.2) is 56.7 Å². The van der Waals surface area contributed by atoms with Crippen LogP contribution in [-0.2, 0) is 22.8 Å². The van der Waals surface area contributed by atoms with Gasteiger partial charge in [0.2, 0.25) is 9.84 Å². The van der Waals surface area contributed by atoms with E-state index in [1.807, 2.05) is 0 Å². The van der Waals surface area contributed by atoms with Crippen molar-refractivity contribution in [2.24, 2.45) is 0 Å². The van der Waals surface area contributed by atoms with Crippen molar-refractivity contribution in [3.8, 4) is 0 Å². The monoisotopic (exact) mass is 377 g/mol. The number of halogens is 1. The average molecular weight is 378 g/mol. The Morgan fingerprint density at radius 3 is 2.68 bits per heavy atom. The third-order valence-corrected chi connectivity index (χ3v) is 6.52. The van der Waals surface area contributed by atoms with Gasteiger partial charge in [-0.25, -0.2) is 8.42 Å². The summed E-state index contributed by atoms with van der Waals surface area (Å²) in [6, 6.07) is 11.2. The molecule has 1 aliphatic heterocycles. The SMILES string of the molecule is O=S(=O)(c1ccccc1)c1cc(Cl)c2oc3c(c2c1)CNC(CO)C3. The van der Waals surface area contributed by atoms with E-state index >= 15 is 0 Å². The smallest absolute Gasteiger partial charge is 0.206 e. The van der Waals surface area contributed by atoms with Gasteiger partial charge in [0.25, 0.3) is 0 Å². The zero-order valence-electron chi connectivity index (χ0n) is 13.2. The molecule has 0 spiro atoms. The summed E-state index contributed by atoms with van der Waals surface area (Å²) in [6.07, 6.45) is 0.539. The van der Waals surface area contributed by atoms with Crippen molar-refractivity contribution < 1.29 is 17.9 Å². The normalized spacial score (nSPS) is 17.6. The van der Waals surface area contributed by atoms with E-state index in [0.717, 1.165) is 11.3 Å². The van der Waals surface area contributed by atoms with Crippen LogP contribution >= 0.6 is 11.6 Å². The fourth-order valence-electron chi connectivity index (χ4n) is 3.15. The second-order valence-electron chi connectivity index (χ2n) is 6.07. The quantitative estimate of drug-likeness (QED) is 0.733. The molecule has 2 heterocycles. The summed E-state index contributed by atoms with van der Waals surface area (Å²) in [5.74, 6) is 0.740. The van der Waals surface area contributed by atoms with E-state index < -0.39 is 9.84 Å². The molecule has 2 aromatic carbocycles. The van der Waals surface area contributed by atoms with Crippen molar-refractivity contribution in [3.05, 3.63) is 58.8 Å². The Hall–Kier alpha value is -1.86. The Balaban J connectivity index is 1.88. The summed E-state index contributed by atoms with van der Waals surface area (Å²) in [5, 5.41) is 13.5. The van der Waals surface area contributed by atoms with E-state index in [0.29, 0.717) is 23.9 Å². The molecule has 2 N–H and O–H groups in total. The van der Waals surface area contributed by atoms with E-state index in [-0.39, 0.29) is 27.5 Å². The number of sulfone groups is 1. The minimum Gasteiger partial charge on any atom is -0.459 e. The van der Waals surface area contributed by atoms with Gasteiger partial charge in [0.05, 0.1) is 21.4 Å². The van der Waals surface area contributed by atoms with Gasteiger partial charge in [-0.15, -0.1) is 0 Å². The van der Waals surface area contributed by atoms with E-state index in [1.54, 1.807) is 36.4 Å². The number of aliphatic hydroxyl groups excluding tert-OH is 1. The molecule has 0 bridgehead atoms. The number of furan rings is 1. The van der Waals surface area contributed by atoms with Crippen LogP contribution in [-0.4, -0.2) is 26.2 Å². The summed E-state index contributed by atoms with van der Waals surface area (Å²) in [6.45, 7) is 0.510. The van der Waals surface area contributed by atoms with Crippen LogP contribution in [0, 0.1) is 0 Å². The zero-order valence-corrected chi connectivity index (χ0v) is 14.8. The highest BCUT2D eigenvalue weighted by molar-refractivity contribution is 7.91. The Bertz CT molecular complexity index is 1040. The maximum atomic E-state index is 12.9. The van der Waals surface area contributed by atoms with Crippen LogP contribution in [0.5, 0.6) is 0 Å². The van der Waals surface area contributed by atoms with Crippen LogP contribution in [0.1, 0.15) is 11.3 Å². The second kappa shape index (κ2) is 6.14. The third-order valence-electron chi connectivity index (χ3n) is 4.49. The van der Waals surface area contributed by atoms with Gasteiger partial charge in [0, 0.05) is 30.0 Å². The van der Waals surface area contributed by atoms with Crippen molar-refractivity contribution in [1.29, 1.82) is 0 Å². The van der Waals surface area contributed by atoms with E-state index in [2.05, 4.69) is 5.32 Å². The zero-order chi connectivity index (χ0) is 17.6. The predicted octanol–water partition coefficient (Wildman–Crippen LogP) is 2.93. The standard InChI is InChI=1S/C18H16ClNO4S/c19-16-8-13(25(22,23)12-4-2-1-3-5-12)7-14-15-9-20-11(10-21)6-17(15)24-18(14)16/h1-5,7-8,11,20-21H,6,9-10H2. The molecule has 25 heavy (non-hydrogen) atoms. The van der Waals surface area contributed by atoms with Gasteiger partial charge in [-0.3, -0.25) is 0 Å². The number of fused-ring (bicyclic) bond motifs is 3. The Labute approximate surface area is 150 Å². The van der Waals surface area contributed by atoms with Crippen LogP contribution in [0.3, 0.4) is 0 Å². The maximum absolute atomic E-state index is 12.9. The summed E-state index contributed by atoms with van der Waals surface area (Å²) in [4.78, 5) is 0.366. The fourth-order valence-corrected chi connectivity index (χ4v) is 4.81. The minimum atomic E-state index is -3.66. The van der Waals surface area contributed by atoms with E-state index in [4.69, 9.17) is 16.0 Å². The van der Waals surface area contributed by atoms with E-state index in [1.165, 1.54) is 6.07 Å². The van der Waals surface area contributed by atoms with Gasteiger partial charge >= 0.3 is 0 Å². The molecule has 1 unspecified atom stereocenters. The lowest BCUT2D eigenvalue weighted by molar-refractivity contribution is 0.229. The van der Waals surface area contributed by atoms with Gasteiger partial charge in [-0.1, -0.05) is 29.8 Å². The fraction of sp³-hybridized carbons (Fsp3) is 0.222. The molecule has 0 saturated heterocycles. The number of hydrogen-bond acceptors (Lipinski definition) is 5. The summed E-state index contributed by atoms with van der Waals surface area (Å²) in [5.41, 5.74) is 1.38. The van der Waals surface area contributed by atoms with Crippen LogP contribution in [0.25, 0.3) is 11.0 Å². The lowest BCUT2D eigenvalue weighted by atomic mass is 10.0. The first-order valence-corrected chi connectivity index (χ1v) is 9.75. The molecule has 1 aliphatic rings. The highest BCUT2D eigenvalue weighted by Gasteiger charge is 2.27. The topological polar surface area (TPSA) is 79.5 Å². The number of rotatable bonds is 3. The van der Waals surface area contributed by atoms with Gasteiger partial charge in [0.1, 0.15) is 5.76 Å². The highest BCUT2D eigenvalue weighted by Crippen LogP contribution is 2.37.